The number of thioether (sulfide) groups is 1. The van der Waals surface area contributed by atoms with Gasteiger partial charge in [0.05, 0.1) is 5.69 Å². The molecule has 2 heterocycles. The van der Waals surface area contributed by atoms with Crippen LogP contribution in [0.15, 0.2) is 48.8 Å². The fourth-order valence-corrected chi connectivity index (χ4v) is 2.14. The van der Waals surface area contributed by atoms with E-state index in [1.165, 1.54) is 0 Å². The maximum Gasteiger partial charge on any atom is 0.155 e. The van der Waals surface area contributed by atoms with Crippen LogP contribution in [0.4, 0.5) is 0 Å². The minimum atomic E-state index is 0.399. The first-order valence-corrected chi connectivity index (χ1v) is 6.82. The first kappa shape index (κ1) is 12.9. The quantitative estimate of drug-likeness (QED) is 0.628. The highest BCUT2D eigenvalue weighted by molar-refractivity contribution is 7.98. The number of aromatic nitrogens is 3. The summed E-state index contributed by atoms with van der Waals surface area (Å²) in [7, 11) is 0. The van der Waals surface area contributed by atoms with Crippen molar-refractivity contribution >= 4 is 28.9 Å². The van der Waals surface area contributed by atoms with Crippen LogP contribution in [0.5, 0.6) is 0 Å². The van der Waals surface area contributed by atoms with E-state index in [9.17, 15) is 0 Å². The van der Waals surface area contributed by atoms with Gasteiger partial charge >= 0.3 is 0 Å². The normalized spacial score (nSPS) is 10.3. The average molecular weight is 278 g/mol. The molecule has 0 N–H and O–H groups in total. The lowest BCUT2D eigenvalue weighted by Gasteiger charge is -2.08. The number of hydrogen-bond donors (Lipinski definition) is 0. The van der Waals surface area contributed by atoms with Gasteiger partial charge in [0.15, 0.2) is 5.15 Å². The number of hydrogen-bond acceptors (Lipinski definition) is 3. The van der Waals surface area contributed by atoms with Crippen molar-refractivity contribution in [3.63, 3.8) is 0 Å². The summed E-state index contributed by atoms with van der Waals surface area (Å²) in [5.74, 6) is 0.755. The van der Waals surface area contributed by atoms with Crippen LogP contribution < -0.4 is 0 Å². The lowest BCUT2D eigenvalue weighted by molar-refractivity contribution is 0.969. The number of halogens is 1. The van der Waals surface area contributed by atoms with Gasteiger partial charge in [0.2, 0.25) is 0 Å². The SMILES string of the molecule is C=CC(=C)c1c(Cl)ncn1-c1ccc(SC)cn1. The molecule has 0 saturated heterocycles. The smallest absolute Gasteiger partial charge is 0.155 e. The van der Waals surface area contributed by atoms with Crippen LogP contribution in [-0.4, -0.2) is 20.8 Å². The molecule has 0 fully saturated rings. The Bertz CT molecular complexity index is 587. The summed E-state index contributed by atoms with van der Waals surface area (Å²) in [5.41, 5.74) is 1.43. The first-order chi connectivity index (χ1) is 8.67. The van der Waals surface area contributed by atoms with E-state index in [-0.39, 0.29) is 0 Å². The van der Waals surface area contributed by atoms with Crippen molar-refractivity contribution in [3.8, 4) is 5.82 Å². The van der Waals surface area contributed by atoms with Gasteiger partial charge in [-0.3, -0.25) is 4.57 Å². The summed E-state index contributed by atoms with van der Waals surface area (Å²) >= 11 is 7.70. The lowest BCUT2D eigenvalue weighted by Crippen LogP contribution is -2.00. The average Bonchev–Trinajstić information content (AvgIpc) is 2.80. The Morgan fingerprint density at radius 2 is 2.22 bits per heavy atom. The van der Waals surface area contributed by atoms with Crippen molar-refractivity contribution in [2.45, 2.75) is 4.90 Å². The summed E-state index contributed by atoms with van der Waals surface area (Å²) in [5, 5.41) is 0.399. The van der Waals surface area contributed by atoms with E-state index in [0.717, 1.165) is 16.4 Å². The molecule has 0 aliphatic heterocycles. The highest BCUT2D eigenvalue weighted by atomic mass is 35.5. The molecule has 0 spiro atoms. The van der Waals surface area contributed by atoms with Gasteiger partial charge < -0.3 is 0 Å². The van der Waals surface area contributed by atoms with Gasteiger partial charge in [-0.15, -0.1) is 11.8 Å². The van der Waals surface area contributed by atoms with Gasteiger partial charge in [-0.2, -0.15) is 0 Å². The van der Waals surface area contributed by atoms with E-state index in [0.29, 0.717) is 10.7 Å². The van der Waals surface area contributed by atoms with Gasteiger partial charge in [-0.05, 0) is 24.0 Å². The van der Waals surface area contributed by atoms with E-state index < -0.39 is 0 Å². The van der Waals surface area contributed by atoms with Crippen molar-refractivity contribution in [3.05, 3.63) is 54.7 Å². The largest absolute Gasteiger partial charge is 0.281 e. The first-order valence-electron chi connectivity index (χ1n) is 5.22. The fraction of sp³-hybridized carbons (Fsp3) is 0.0769. The fourth-order valence-electron chi connectivity index (χ4n) is 1.52. The third kappa shape index (κ3) is 2.35. The molecule has 0 aliphatic rings. The lowest BCUT2D eigenvalue weighted by atomic mass is 10.2. The second-order valence-corrected chi connectivity index (χ2v) is 4.78. The van der Waals surface area contributed by atoms with Gasteiger partial charge in [-0.25, -0.2) is 9.97 Å². The number of pyridine rings is 1. The van der Waals surface area contributed by atoms with Crippen LogP contribution in [0.1, 0.15) is 5.69 Å². The van der Waals surface area contributed by atoms with Crippen molar-refractivity contribution in [1.82, 2.24) is 14.5 Å². The van der Waals surface area contributed by atoms with Crippen LogP contribution in [-0.2, 0) is 0 Å². The Morgan fingerprint density at radius 3 is 2.78 bits per heavy atom. The monoisotopic (exact) mass is 277 g/mol. The Balaban J connectivity index is 2.50. The minimum absolute atomic E-state index is 0.399. The summed E-state index contributed by atoms with van der Waals surface area (Å²) in [6.07, 6.45) is 7.10. The molecule has 18 heavy (non-hydrogen) atoms. The number of imidazole rings is 1. The van der Waals surface area contributed by atoms with Gasteiger partial charge in [0, 0.05) is 11.1 Å². The molecular formula is C13H12ClN3S. The van der Waals surface area contributed by atoms with Crippen molar-refractivity contribution in [2.75, 3.05) is 6.26 Å². The summed E-state index contributed by atoms with van der Waals surface area (Å²) < 4.78 is 1.80. The van der Waals surface area contributed by atoms with Crippen LogP contribution in [0.25, 0.3) is 11.4 Å². The molecule has 5 heteroatoms. The van der Waals surface area contributed by atoms with Gasteiger partial charge in [-0.1, -0.05) is 30.8 Å². The Morgan fingerprint density at radius 1 is 1.44 bits per heavy atom. The standard InChI is InChI=1S/C13H12ClN3S/c1-4-9(2)12-13(14)16-8-17(12)11-6-5-10(18-3)7-15-11/h4-8H,1-2H2,3H3. The molecule has 0 aliphatic carbocycles. The van der Waals surface area contributed by atoms with Crippen LogP contribution in [0.3, 0.4) is 0 Å². The van der Waals surface area contributed by atoms with E-state index >= 15 is 0 Å². The molecule has 0 aromatic carbocycles. The van der Waals surface area contributed by atoms with Crippen molar-refractivity contribution < 1.29 is 0 Å². The predicted octanol–water partition coefficient (Wildman–Crippen LogP) is 3.84. The number of rotatable bonds is 4. The maximum absolute atomic E-state index is 6.05. The van der Waals surface area contributed by atoms with Crippen LogP contribution in [0.2, 0.25) is 5.15 Å². The van der Waals surface area contributed by atoms with Crippen LogP contribution >= 0.6 is 23.4 Å². The molecule has 3 nitrogen and oxygen atoms in total. The van der Waals surface area contributed by atoms with E-state index in [1.54, 1.807) is 28.7 Å². The highest BCUT2D eigenvalue weighted by Crippen LogP contribution is 2.25. The molecule has 2 rings (SSSR count). The molecule has 0 saturated carbocycles. The predicted molar refractivity (Wildman–Crippen MR) is 77.4 cm³/mol. The van der Waals surface area contributed by atoms with Crippen molar-refractivity contribution in [1.29, 1.82) is 0 Å². The number of nitrogens with zero attached hydrogens (tertiary/aromatic N) is 3. The Hall–Kier alpha value is -1.52. The number of allylic oxidation sites excluding steroid dienone is 2. The molecule has 0 radical (unpaired) electrons. The van der Waals surface area contributed by atoms with E-state index in [4.69, 9.17) is 11.6 Å². The topological polar surface area (TPSA) is 30.7 Å². The second kappa shape index (κ2) is 5.42. The maximum atomic E-state index is 6.05. The van der Waals surface area contributed by atoms with E-state index in [1.807, 2.05) is 24.6 Å². The van der Waals surface area contributed by atoms with Gasteiger partial charge in [0.25, 0.3) is 0 Å². The molecule has 2 aromatic rings. The van der Waals surface area contributed by atoms with Gasteiger partial charge in [0.1, 0.15) is 12.1 Å². The zero-order valence-corrected chi connectivity index (χ0v) is 11.5. The Kier molecular flexibility index (Phi) is 3.89. The molecule has 2 aromatic heterocycles. The van der Waals surface area contributed by atoms with E-state index in [2.05, 4.69) is 23.1 Å². The molecule has 92 valence electrons. The highest BCUT2D eigenvalue weighted by Gasteiger charge is 2.12. The molecule has 0 bridgehead atoms. The summed E-state index contributed by atoms with van der Waals surface area (Å²) in [6, 6.07) is 3.92. The van der Waals surface area contributed by atoms with Crippen molar-refractivity contribution in [2.24, 2.45) is 0 Å². The molecular weight excluding hydrogens is 266 g/mol. The summed E-state index contributed by atoms with van der Waals surface area (Å²) in [4.78, 5) is 9.56. The molecule has 0 amide bonds. The molecule has 0 unspecified atom stereocenters. The zero-order chi connectivity index (χ0) is 13.1. The zero-order valence-electron chi connectivity index (χ0n) is 9.93. The second-order valence-electron chi connectivity index (χ2n) is 3.54. The summed E-state index contributed by atoms with van der Waals surface area (Å²) in [6.45, 7) is 7.60. The third-order valence-corrected chi connectivity index (χ3v) is 3.47. The minimum Gasteiger partial charge on any atom is -0.281 e. The Labute approximate surface area is 115 Å². The van der Waals surface area contributed by atoms with Crippen LogP contribution in [0, 0.1) is 0 Å². The molecule has 0 atom stereocenters. The third-order valence-electron chi connectivity index (χ3n) is 2.48.